The van der Waals surface area contributed by atoms with Crippen LogP contribution < -0.4 is 5.73 Å². The maximum atomic E-state index is 5.85. The van der Waals surface area contributed by atoms with Gasteiger partial charge in [-0.1, -0.05) is 23.7 Å². The third-order valence-corrected chi connectivity index (χ3v) is 3.18. The summed E-state index contributed by atoms with van der Waals surface area (Å²) in [5, 5.41) is 5.01. The molecule has 1 atom stereocenters. The number of hydrogen-bond donors (Lipinski definition) is 1. The summed E-state index contributed by atoms with van der Waals surface area (Å²) >= 11 is 8.08. The number of rotatable bonds is 3. The van der Waals surface area contributed by atoms with Gasteiger partial charge in [0.05, 0.1) is 15.8 Å². The van der Waals surface area contributed by atoms with Crippen molar-refractivity contribution in [3.05, 3.63) is 50.8 Å². The van der Waals surface area contributed by atoms with Gasteiger partial charge in [0.2, 0.25) is 0 Å². The first-order chi connectivity index (χ1) is 7.70. The Labute approximate surface area is 113 Å². The molecule has 2 N–H and O–H groups in total. The van der Waals surface area contributed by atoms with Gasteiger partial charge in [0, 0.05) is 17.8 Å². The Kier molecular flexibility index (Phi) is 3.83. The van der Waals surface area contributed by atoms with Crippen LogP contribution in [0.5, 0.6) is 0 Å². The SMILES string of the molecule is NCC(c1ccc(Cl)cc1)n1cc(I)cn1. The van der Waals surface area contributed by atoms with Gasteiger partial charge in [0.15, 0.2) is 0 Å². The molecule has 84 valence electrons. The Morgan fingerprint density at radius 2 is 2.06 bits per heavy atom. The van der Waals surface area contributed by atoms with Gasteiger partial charge in [-0.25, -0.2) is 0 Å². The zero-order chi connectivity index (χ0) is 11.5. The van der Waals surface area contributed by atoms with E-state index in [1.807, 2.05) is 41.3 Å². The van der Waals surface area contributed by atoms with Gasteiger partial charge in [-0.2, -0.15) is 5.10 Å². The van der Waals surface area contributed by atoms with E-state index in [-0.39, 0.29) is 6.04 Å². The minimum Gasteiger partial charge on any atom is -0.328 e. The third-order valence-electron chi connectivity index (χ3n) is 2.37. The molecule has 2 rings (SSSR count). The van der Waals surface area contributed by atoms with E-state index in [0.29, 0.717) is 6.54 Å². The fraction of sp³-hybridized carbons (Fsp3) is 0.182. The zero-order valence-corrected chi connectivity index (χ0v) is 11.4. The lowest BCUT2D eigenvalue weighted by Crippen LogP contribution is -2.20. The lowest BCUT2D eigenvalue weighted by Gasteiger charge is -2.15. The second kappa shape index (κ2) is 5.16. The number of nitrogens with zero attached hydrogens (tertiary/aromatic N) is 2. The Morgan fingerprint density at radius 3 is 2.56 bits per heavy atom. The number of nitrogens with two attached hydrogens (primary N) is 1. The van der Waals surface area contributed by atoms with Crippen LogP contribution in [-0.2, 0) is 0 Å². The van der Waals surface area contributed by atoms with E-state index in [1.54, 1.807) is 0 Å². The molecule has 16 heavy (non-hydrogen) atoms. The maximum Gasteiger partial charge on any atom is 0.0891 e. The number of halogens is 2. The van der Waals surface area contributed by atoms with Crippen molar-refractivity contribution >= 4 is 34.2 Å². The number of hydrogen-bond acceptors (Lipinski definition) is 2. The molecule has 5 heteroatoms. The van der Waals surface area contributed by atoms with Gasteiger partial charge in [-0.05, 0) is 40.3 Å². The van der Waals surface area contributed by atoms with Crippen LogP contribution in [0.2, 0.25) is 5.02 Å². The predicted octanol–water partition coefficient (Wildman–Crippen LogP) is 2.69. The minimum absolute atomic E-state index is 0.0702. The highest BCUT2D eigenvalue weighted by Gasteiger charge is 2.12. The topological polar surface area (TPSA) is 43.8 Å². The first-order valence-corrected chi connectivity index (χ1v) is 6.31. The van der Waals surface area contributed by atoms with E-state index < -0.39 is 0 Å². The highest BCUT2D eigenvalue weighted by atomic mass is 127. The summed E-state index contributed by atoms with van der Waals surface area (Å²) in [5.74, 6) is 0. The van der Waals surface area contributed by atoms with Crippen LogP contribution in [0.15, 0.2) is 36.7 Å². The van der Waals surface area contributed by atoms with Crippen LogP contribution in [0.3, 0.4) is 0 Å². The Balaban J connectivity index is 2.32. The van der Waals surface area contributed by atoms with E-state index >= 15 is 0 Å². The smallest absolute Gasteiger partial charge is 0.0891 e. The van der Waals surface area contributed by atoms with E-state index in [4.69, 9.17) is 17.3 Å². The van der Waals surface area contributed by atoms with E-state index in [2.05, 4.69) is 27.7 Å². The van der Waals surface area contributed by atoms with Gasteiger partial charge in [-0.3, -0.25) is 4.68 Å². The van der Waals surface area contributed by atoms with E-state index in [9.17, 15) is 0 Å². The van der Waals surface area contributed by atoms with Crippen LogP contribution in [0.25, 0.3) is 0 Å². The first-order valence-electron chi connectivity index (χ1n) is 4.86. The first kappa shape index (κ1) is 11.9. The molecule has 1 unspecified atom stereocenters. The molecule has 0 aliphatic heterocycles. The fourth-order valence-corrected chi connectivity index (χ4v) is 2.10. The van der Waals surface area contributed by atoms with Crippen molar-refractivity contribution in [2.75, 3.05) is 6.54 Å². The summed E-state index contributed by atoms with van der Waals surface area (Å²) in [6, 6.07) is 7.77. The standard InChI is InChI=1S/C11H11ClIN3/c12-9-3-1-8(2-4-9)11(5-14)16-7-10(13)6-15-16/h1-4,6-7,11H,5,14H2. The fourth-order valence-electron chi connectivity index (χ4n) is 1.57. The summed E-state index contributed by atoms with van der Waals surface area (Å²) in [6.07, 6.45) is 3.80. The molecule has 0 radical (unpaired) electrons. The van der Waals surface area contributed by atoms with Gasteiger partial charge in [-0.15, -0.1) is 0 Å². The van der Waals surface area contributed by atoms with Crippen molar-refractivity contribution in [2.24, 2.45) is 5.73 Å². The lowest BCUT2D eigenvalue weighted by molar-refractivity contribution is 0.532. The molecule has 1 aromatic carbocycles. The molecule has 0 fully saturated rings. The Bertz CT molecular complexity index is 466. The van der Waals surface area contributed by atoms with Crippen LogP contribution in [0.4, 0.5) is 0 Å². The quantitative estimate of drug-likeness (QED) is 0.868. The highest BCUT2D eigenvalue weighted by molar-refractivity contribution is 14.1. The van der Waals surface area contributed by atoms with E-state index in [0.717, 1.165) is 14.2 Å². The minimum atomic E-state index is 0.0702. The summed E-state index contributed by atoms with van der Waals surface area (Å²) in [6.45, 7) is 0.513. The number of aromatic nitrogens is 2. The molecule has 0 spiro atoms. The van der Waals surface area contributed by atoms with E-state index in [1.165, 1.54) is 0 Å². The maximum absolute atomic E-state index is 5.85. The van der Waals surface area contributed by atoms with Crippen LogP contribution in [0.1, 0.15) is 11.6 Å². The molecular weight excluding hydrogens is 336 g/mol. The van der Waals surface area contributed by atoms with Crippen molar-refractivity contribution < 1.29 is 0 Å². The van der Waals surface area contributed by atoms with Crippen LogP contribution in [0, 0.1) is 3.57 Å². The summed E-state index contributed by atoms with van der Waals surface area (Å²) < 4.78 is 2.98. The summed E-state index contributed by atoms with van der Waals surface area (Å²) in [7, 11) is 0. The molecule has 0 aliphatic rings. The average molecular weight is 348 g/mol. The zero-order valence-electron chi connectivity index (χ0n) is 8.48. The molecule has 3 nitrogen and oxygen atoms in total. The molecule has 0 saturated heterocycles. The van der Waals surface area contributed by atoms with Crippen molar-refractivity contribution in [1.29, 1.82) is 0 Å². The van der Waals surface area contributed by atoms with Gasteiger partial charge >= 0.3 is 0 Å². The monoisotopic (exact) mass is 347 g/mol. The molecule has 0 amide bonds. The second-order valence-corrected chi connectivity index (χ2v) is 5.12. The lowest BCUT2D eigenvalue weighted by atomic mass is 10.1. The van der Waals surface area contributed by atoms with Crippen molar-refractivity contribution in [2.45, 2.75) is 6.04 Å². The van der Waals surface area contributed by atoms with Crippen LogP contribution in [-0.4, -0.2) is 16.3 Å². The second-order valence-electron chi connectivity index (χ2n) is 3.44. The Hall–Kier alpha value is -0.590. The predicted molar refractivity (Wildman–Crippen MR) is 73.6 cm³/mol. The largest absolute Gasteiger partial charge is 0.328 e. The summed E-state index contributed by atoms with van der Waals surface area (Å²) in [4.78, 5) is 0. The molecule has 2 aromatic rings. The average Bonchev–Trinajstić information content (AvgIpc) is 2.69. The van der Waals surface area contributed by atoms with Crippen molar-refractivity contribution in [3.8, 4) is 0 Å². The molecular formula is C11H11ClIN3. The van der Waals surface area contributed by atoms with Crippen molar-refractivity contribution in [1.82, 2.24) is 9.78 Å². The van der Waals surface area contributed by atoms with Crippen LogP contribution >= 0.6 is 34.2 Å². The van der Waals surface area contributed by atoms with Gasteiger partial charge in [0.25, 0.3) is 0 Å². The molecule has 1 heterocycles. The number of benzene rings is 1. The van der Waals surface area contributed by atoms with Gasteiger partial charge in [0.1, 0.15) is 0 Å². The molecule has 0 saturated carbocycles. The molecule has 0 bridgehead atoms. The third kappa shape index (κ3) is 2.56. The Morgan fingerprint density at radius 1 is 1.38 bits per heavy atom. The summed E-state index contributed by atoms with van der Waals surface area (Å²) in [5.41, 5.74) is 6.90. The normalized spacial score (nSPS) is 12.7. The van der Waals surface area contributed by atoms with Gasteiger partial charge < -0.3 is 5.73 Å². The van der Waals surface area contributed by atoms with Crippen molar-refractivity contribution in [3.63, 3.8) is 0 Å². The molecule has 1 aromatic heterocycles. The molecule has 0 aliphatic carbocycles. The highest BCUT2D eigenvalue weighted by Crippen LogP contribution is 2.19.